The van der Waals surface area contributed by atoms with Gasteiger partial charge in [-0.3, -0.25) is 9.89 Å². The number of carbonyl (C=O) groups is 2. The number of ether oxygens (including phenoxy) is 1. The number of nitrogens with one attached hydrogen (secondary N) is 3. The molecule has 0 aliphatic rings. The summed E-state index contributed by atoms with van der Waals surface area (Å²) in [6, 6.07) is 8.86. The highest BCUT2D eigenvalue weighted by atomic mass is 19.4. The van der Waals surface area contributed by atoms with Gasteiger partial charge in [-0.15, -0.1) is 0 Å². The van der Waals surface area contributed by atoms with Crippen LogP contribution in [0.15, 0.2) is 64.3 Å². The van der Waals surface area contributed by atoms with E-state index in [2.05, 4.69) is 15.2 Å². The molecule has 0 atom stereocenters. The topological polar surface area (TPSA) is 150 Å². The number of carboxylic acid groups (broad SMARTS) is 1. The third-order valence-corrected chi connectivity index (χ3v) is 7.00. The number of alkyl halides is 3. The molecule has 3 N–H and O–H groups in total. The number of aliphatic carboxylic acids is 1. The number of pyridine rings is 1. The minimum atomic E-state index is -5.19. The Morgan fingerprint density at radius 3 is 2.54 bits per heavy atom. The average Bonchev–Trinajstić information content (AvgIpc) is 3.71. The van der Waals surface area contributed by atoms with Crippen LogP contribution in [0.1, 0.15) is 16.1 Å². The highest BCUT2D eigenvalue weighted by Crippen LogP contribution is 2.40. The van der Waals surface area contributed by atoms with Crippen molar-refractivity contribution in [1.29, 1.82) is 0 Å². The summed E-state index contributed by atoms with van der Waals surface area (Å²) in [5, 5.41) is 16.7. The summed E-state index contributed by atoms with van der Waals surface area (Å²) in [5.41, 5.74) is 1.09. The van der Waals surface area contributed by atoms with Gasteiger partial charge in [0.25, 0.3) is 5.56 Å². The van der Waals surface area contributed by atoms with Crippen molar-refractivity contribution in [2.24, 2.45) is 0 Å². The summed E-state index contributed by atoms with van der Waals surface area (Å²) in [6.45, 7) is 0.492. The van der Waals surface area contributed by atoms with Crippen molar-refractivity contribution >= 4 is 44.7 Å². The molecule has 0 saturated carbocycles. The maximum absolute atomic E-state index is 15.3. The first-order valence-electron chi connectivity index (χ1n) is 13.5. The number of carboxylic acids is 1. The first-order valence-corrected chi connectivity index (χ1v) is 13.5. The van der Waals surface area contributed by atoms with Crippen LogP contribution in [0.2, 0.25) is 0 Å². The summed E-state index contributed by atoms with van der Waals surface area (Å²) in [6.07, 6.45) is -0.819. The highest BCUT2D eigenvalue weighted by Gasteiger charge is 2.31. The van der Waals surface area contributed by atoms with E-state index in [1.807, 2.05) is 14.1 Å². The Morgan fingerprint density at radius 1 is 1.13 bits per heavy atom. The first kappa shape index (κ1) is 31.9. The maximum Gasteiger partial charge on any atom is 0.430 e. The van der Waals surface area contributed by atoms with Crippen LogP contribution in [0, 0.1) is 11.6 Å². The first-order chi connectivity index (χ1) is 21.8. The second kappa shape index (κ2) is 12.5. The van der Waals surface area contributed by atoms with E-state index in [1.54, 1.807) is 24.4 Å². The van der Waals surface area contributed by atoms with E-state index in [0.29, 0.717) is 22.8 Å². The zero-order valence-corrected chi connectivity index (χ0v) is 24.1. The lowest BCUT2D eigenvalue weighted by Crippen LogP contribution is -3.06. The van der Waals surface area contributed by atoms with Gasteiger partial charge in [0.15, 0.2) is 0 Å². The van der Waals surface area contributed by atoms with Gasteiger partial charge in [-0.05, 0) is 36.4 Å². The molecule has 0 bridgehead atoms. The van der Waals surface area contributed by atoms with Gasteiger partial charge in [-0.25, -0.2) is 13.6 Å². The number of H-pyrrole nitrogens is 2. The number of rotatable bonds is 7. The Balaban J connectivity index is 0.000000537. The minimum absolute atomic E-state index is 0.00885. The fraction of sp³-hybridized carbons (Fsp3) is 0.200. The number of furan rings is 1. The van der Waals surface area contributed by atoms with Crippen molar-refractivity contribution in [2.75, 3.05) is 27.2 Å². The van der Waals surface area contributed by atoms with Crippen LogP contribution in [0.4, 0.5) is 22.0 Å². The second-order valence-corrected chi connectivity index (χ2v) is 10.4. The zero-order chi connectivity index (χ0) is 33.3. The predicted octanol–water partition coefficient (Wildman–Crippen LogP) is 2.55. The van der Waals surface area contributed by atoms with Gasteiger partial charge < -0.3 is 33.5 Å². The molecule has 2 aromatic carbocycles. The fourth-order valence-corrected chi connectivity index (χ4v) is 4.88. The maximum atomic E-state index is 15.3. The number of benzene rings is 2. The molecule has 46 heavy (non-hydrogen) atoms. The van der Waals surface area contributed by atoms with E-state index in [1.165, 1.54) is 35.2 Å². The van der Waals surface area contributed by atoms with Gasteiger partial charge in [0.2, 0.25) is 0 Å². The van der Waals surface area contributed by atoms with Gasteiger partial charge in [0, 0.05) is 22.7 Å². The van der Waals surface area contributed by atoms with Crippen molar-refractivity contribution in [3.8, 4) is 11.1 Å². The third-order valence-electron chi connectivity index (χ3n) is 7.00. The molecule has 0 fully saturated rings. The van der Waals surface area contributed by atoms with Crippen LogP contribution < -0.4 is 15.6 Å². The quantitative estimate of drug-likeness (QED) is 0.178. The molecule has 4 heterocycles. The van der Waals surface area contributed by atoms with Crippen molar-refractivity contribution < 1.29 is 50.7 Å². The Hall–Kier alpha value is -5.51. The lowest BCUT2D eigenvalue weighted by Gasteiger charge is -2.14. The molecule has 6 aromatic rings. The number of esters is 1. The van der Waals surface area contributed by atoms with Crippen molar-refractivity contribution in [3.05, 3.63) is 88.3 Å². The van der Waals surface area contributed by atoms with Gasteiger partial charge in [-0.1, -0.05) is 0 Å². The molecule has 0 spiro atoms. The summed E-state index contributed by atoms with van der Waals surface area (Å²) >= 11 is 0. The van der Waals surface area contributed by atoms with Crippen LogP contribution in [0.5, 0.6) is 0 Å². The number of aromatic nitrogens is 4. The molecule has 0 aliphatic heterocycles. The molecular formula is C30H24F5N5O6. The number of hydrogen-bond donors (Lipinski definition) is 3. The molecule has 4 aromatic heterocycles. The van der Waals surface area contributed by atoms with Crippen LogP contribution in [0.3, 0.4) is 0 Å². The summed E-state index contributed by atoms with van der Waals surface area (Å²) in [4.78, 5) is 39.2. The molecule has 240 valence electrons. The highest BCUT2D eigenvalue weighted by molar-refractivity contribution is 6.17. The Bertz CT molecular complexity index is 2140. The van der Waals surface area contributed by atoms with Crippen LogP contribution in [0.25, 0.3) is 43.9 Å². The summed E-state index contributed by atoms with van der Waals surface area (Å²) in [5.74, 6) is -4.86. The van der Waals surface area contributed by atoms with Crippen molar-refractivity contribution in [2.45, 2.75) is 12.7 Å². The number of halogens is 5. The normalized spacial score (nSPS) is 11.7. The monoisotopic (exact) mass is 645 g/mol. The van der Waals surface area contributed by atoms with Crippen molar-refractivity contribution in [3.63, 3.8) is 0 Å². The molecule has 0 saturated heterocycles. The fourth-order valence-electron chi connectivity index (χ4n) is 4.88. The number of carbonyl (C=O) groups excluding carboxylic acids is 2. The molecule has 16 heteroatoms. The van der Waals surface area contributed by atoms with E-state index in [9.17, 15) is 22.8 Å². The smallest absolute Gasteiger partial charge is 0.430 e. The zero-order valence-electron chi connectivity index (χ0n) is 24.1. The summed E-state index contributed by atoms with van der Waals surface area (Å²) in [7, 11) is 3.84. The Kier molecular flexibility index (Phi) is 8.65. The number of nitrogens with zero attached hydrogens (tertiary/aromatic N) is 2. The molecule has 0 radical (unpaired) electrons. The number of hydrogen-bond acceptors (Lipinski definition) is 7. The Labute approximate surface area is 254 Å². The minimum Gasteiger partial charge on any atom is -0.542 e. The number of aromatic amines is 2. The van der Waals surface area contributed by atoms with E-state index >= 15 is 8.78 Å². The second-order valence-electron chi connectivity index (χ2n) is 10.4. The number of likely N-dealkylation sites (N-methyl/N-ethyl adjacent to an activating group) is 1. The molecular weight excluding hydrogens is 621 g/mol. The summed E-state index contributed by atoms with van der Waals surface area (Å²) < 4.78 is 74.9. The molecule has 0 amide bonds. The average molecular weight is 646 g/mol. The van der Waals surface area contributed by atoms with Crippen LogP contribution in [-0.2, 0) is 16.1 Å². The standard InChI is InChI=1S/C28H23F2N5O4.C2HF3O2/c1-34(2)7-9-39-28(37)25-23(18-4-3-6-31-27(18)36)24-22(12-20(30)17-5-8-38-26(17)24)35(25)14-16-10-15-13-32-33-21(15)11-19(16)29;3-2(4,5)1(6)7/h3-6,8,10-13H,7,9,14H2,1-2H3,(H,31,36)(H,32,33);(H,6,7). The molecule has 6 rings (SSSR count). The van der Waals surface area contributed by atoms with Gasteiger partial charge in [-0.2, -0.15) is 18.3 Å². The number of quaternary nitrogens is 1. The van der Waals surface area contributed by atoms with E-state index in [0.717, 1.165) is 4.90 Å². The number of fused-ring (bicyclic) bond motifs is 4. The van der Waals surface area contributed by atoms with E-state index in [-0.39, 0.29) is 52.0 Å². The predicted molar refractivity (Wildman–Crippen MR) is 152 cm³/mol. The third kappa shape index (κ3) is 6.19. The van der Waals surface area contributed by atoms with Crippen LogP contribution in [-0.4, -0.2) is 65.1 Å². The molecule has 0 unspecified atom stereocenters. The lowest BCUT2D eigenvalue weighted by atomic mass is 10.0. The lowest BCUT2D eigenvalue weighted by molar-refractivity contribution is -0.858. The largest absolute Gasteiger partial charge is 0.542 e. The Morgan fingerprint density at radius 2 is 1.87 bits per heavy atom. The SMILES string of the molecule is C[NH+](C)CCOC(=O)c1c(-c2ccc[nH]c2=O)c2c3occc3c(F)cc2n1Cc1cc2cn[nH]c2cc1F.O=C([O-])C(F)(F)F. The van der Waals surface area contributed by atoms with Gasteiger partial charge >= 0.3 is 12.1 Å². The molecule has 11 nitrogen and oxygen atoms in total. The van der Waals surface area contributed by atoms with E-state index in [4.69, 9.17) is 19.1 Å². The van der Waals surface area contributed by atoms with E-state index < -0.39 is 35.3 Å². The van der Waals surface area contributed by atoms with Crippen LogP contribution >= 0.6 is 0 Å². The van der Waals surface area contributed by atoms with Gasteiger partial charge in [0.1, 0.15) is 42.0 Å². The van der Waals surface area contributed by atoms with Crippen molar-refractivity contribution in [1.82, 2.24) is 19.7 Å². The van der Waals surface area contributed by atoms with Gasteiger partial charge in [0.05, 0.1) is 60.5 Å². The molecule has 0 aliphatic carbocycles.